The lowest BCUT2D eigenvalue weighted by atomic mass is 9.92. The molecule has 0 spiro atoms. The molecule has 1 aromatic heterocycles. The summed E-state index contributed by atoms with van der Waals surface area (Å²) < 4.78 is 1.85. The van der Waals surface area contributed by atoms with Crippen molar-refractivity contribution in [3.8, 4) is 0 Å². The summed E-state index contributed by atoms with van der Waals surface area (Å²) in [4.78, 5) is 4.21. The largest absolute Gasteiger partial charge is 0.276 e. The van der Waals surface area contributed by atoms with Crippen LogP contribution in [0, 0.1) is 0 Å². The highest BCUT2D eigenvalue weighted by Gasteiger charge is 2.47. The zero-order chi connectivity index (χ0) is 13.1. The highest BCUT2D eigenvalue weighted by Crippen LogP contribution is 2.52. The maximum Gasteiger partial charge on any atom is 0.0730 e. The first kappa shape index (κ1) is 11.9. The molecule has 1 aliphatic carbocycles. The summed E-state index contributed by atoms with van der Waals surface area (Å²) in [5.41, 5.74) is 2.52. The van der Waals surface area contributed by atoms with Gasteiger partial charge in [0.05, 0.1) is 5.69 Å². The highest BCUT2D eigenvalue weighted by molar-refractivity contribution is 5.40. The number of nitrogens with zero attached hydrogens (tertiary/aromatic N) is 3. The van der Waals surface area contributed by atoms with Gasteiger partial charge in [0.25, 0.3) is 0 Å². The van der Waals surface area contributed by atoms with E-state index in [1.165, 1.54) is 5.56 Å². The van der Waals surface area contributed by atoms with Crippen molar-refractivity contribution in [2.24, 2.45) is 7.05 Å². The average molecular weight is 251 g/mol. The van der Waals surface area contributed by atoms with Crippen molar-refractivity contribution in [1.82, 2.24) is 14.8 Å². The van der Waals surface area contributed by atoms with Crippen molar-refractivity contribution in [1.29, 1.82) is 0 Å². The predicted molar refractivity (Wildman–Crippen MR) is 75.1 cm³/mol. The number of hydrogen-bond donors (Lipinski definition) is 0. The molecule has 0 atom stereocenters. The summed E-state index contributed by atoms with van der Waals surface area (Å²) in [6.45, 7) is 0. The van der Waals surface area contributed by atoms with Crippen LogP contribution in [0.1, 0.15) is 24.1 Å². The van der Waals surface area contributed by atoms with Gasteiger partial charge in [-0.05, 0) is 30.5 Å². The highest BCUT2D eigenvalue weighted by atomic mass is 15.2. The van der Waals surface area contributed by atoms with E-state index in [1.807, 2.05) is 36.3 Å². The number of aromatic nitrogens is 3. The normalized spacial score (nSPS) is 15.6. The monoisotopic (exact) mass is 251 g/mol. The Bertz CT molecular complexity index is 611. The Morgan fingerprint density at radius 3 is 2.53 bits per heavy atom. The number of benzene rings is 1. The molecule has 1 heterocycles. The van der Waals surface area contributed by atoms with Crippen molar-refractivity contribution < 1.29 is 0 Å². The van der Waals surface area contributed by atoms with E-state index in [4.69, 9.17) is 5.10 Å². The predicted octanol–water partition coefficient (Wildman–Crippen LogP) is 3.02. The second-order valence-electron chi connectivity index (χ2n) is 4.96. The topological polar surface area (TPSA) is 30.7 Å². The third-order valence-electron chi connectivity index (χ3n) is 3.62. The minimum atomic E-state index is 0.0831. The van der Waals surface area contributed by atoms with Gasteiger partial charge < -0.3 is 0 Å². The number of aryl methyl sites for hydroxylation is 1. The molecule has 0 radical (unpaired) electrons. The molecule has 0 unspecified atom stereocenters. The summed E-state index contributed by atoms with van der Waals surface area (Å²) in [5, 5.41) is 4.70. The molecule has 3 nitrogen and oxygen atoms in total. The first-order valence-corrected chi connectivity index (χ1v) is 6.55. The summed E-state index contributed by atoms with van der Waals surface area (Å²) in [6, 6.07) is 14.5. The van der Waals surface area contributed by atoms with Gasteiger partial charge in [-0.25, -0.2) is 0 Å². The van der Waals surface area contributed by atoms with E-state index in [-0.39, 0.29) is 5.41 Å². The van der Waals surface area contributed by atoms with Crippen molar-refractivity contribution >= 4 is 0 Å². The molecule has 0 amide bonds. The molecule has 0 saturated heterocycles. The van der Waals surface area contributed by atoms with E-state index >= 15 is 0 Å². The Hall–Kier alpha value is -2.16. The zero-order valence-corrected chi connectivity index (χ0v) is 11.0. The summed E-state index contributed by atoms with van der Waals surface area (Å²) >= 11 is 0. The summed E-state index contributed by atoms with van der Waals surface area (Å²) in [6.07, 6.45) is 7.82. The van der Waals surface area contributed by atoms with Gasteiger partial charge in [-0.3, -0.25) is 9.67 Å². The Labute approximate surface area is 113 Å². The van der Waals surface area contributed by atoms with Crippen LogP contribution in [0.15, 0.2) is 61.1 Å². The molecular formula is C16H17N3. The van der Waals surface area contributed by atoms with E-state index in [9.17, 15) is 0 Å². The molecule has 1 aliphatic rings. The fourth-order valence-corrected chi connectivity index (χ4v) is 2.44. The molecule has 1 aromatic carbocycles. The van der Waals surface area contributed by atoms with Crippen LogP contribution in [0.25, 0.3) is 0 Å². The first-order chi connectivity index (χ1) is 9.31. The Balaban J connectivity index is 2.13. The van der Waals surface area contributed by atoms with Crippen LogP contribution in [-0.2, 0) is 12.5 Å². The molecule has 2 aromatic rings. The SMILES string of the molecule is Cn1cccnccc(C2(c3ccccc3)CC2)n1. The fourth-order valence-electron chi connectivity index (χ4n) is 2.44. The molecule has 3 rings (SSSR count). The number of rotatable bonds is 2. The van der Waals surface area contributed by atoms with Gasteiger partial charge >= 0.3 is 0 Å². The Morgan fingerprint density at radius 2 is 1.79 bits per heavy atom. The molecule has 1 fully saturated rings. The van der Waals surface area contributed by atoms with E-state index in [0.717, 1.165) is 18.5 Å². The van der Waals surface area contributed by atoms with E-state index in [1.54, 1.807) is 6.20 Å². The van der Waals surface area contributed by atoms with Crippen molar-refractivity contribution in [3.63, 3.8) is 0 Å². The van der Waals surface area contributed by atoms with Crippen LogP contribution in [0.2, 0.25) is 0 Å². The minimum Gasteiger partial charge on any atom is -0.276 e. The van der Waals surface area contributed by atoms with E-state index in [0.29, 0.717) is 0 Å². The fraction of sp³-hybridized carbons (Fsp3) is 0.250. The molecule has 3 heteroatoms. The van der Waals surface area contributed by atoms with Crippen molar-refractivity contribution in [2.45, 2.75) is 18.3 Å². The minimum absolute atomic E-state index is 0.0831. The smallest absolute Gasteiger partial charge is 0.0730 e. The van der Waals surface area contributed by atoms with Gasteiger partial charge in [0.15, 0.2) is 0 Å². The average Bonchev–Trinajstić information content (AvgIpc) is 3.22. The lowest BCUT2D eigenvalue weighted by Crippen LogP contribution is -2.12. The lowest BCUT2D eigenvalue weighted by Gasteiger charge is -2.14. The lowest BCUT2D eigenvalue weighted by molar-refractivity contribution is 0.675. The van der Waals surface area contributed by atoms with Crippen LogP contribution in [0.3, 0.4) is 0 Å². The van der Waals surface area contributed by atoms with Gasteiger partial charge in [0.1, 0.15) is 0 Å². The second kappa shape index (κ2) is 4.84. The maximum absolute atomic E-state index is 4.70. The standard InChI is InChI=1S/C16H17N3/c1-19-13-5-11-17-12-8-15(18-19)16(9-10-16)14-6-3-2-4-7-14/h2-8,11-13H,9-10H2,1H3. The van der Waals surface area contributed by atoms with Crippen LogP contribution < -0.4 is 0 Å². The molecule has 0 aliphatic heterocycles. The van der Waals surface area contributed by atoms with E-state index in [2.05, 4.69) is 35.3 Å². The van der Waals surface area contributed by atoms with Crippen LogP contribution in [0.4, 0.5) is 0 Å². The third-order valence-corrected chi connectivity index (χ3v) is 3.62. The third kappa shape index (κ3) is 2.36. The van der Waals surface area contributed by atoms with Crippen LogP contribution in [0.5, 0.6) is 0 Å². The maximum atomic E-state index is 4.70. The quantitative estimate of drug-likeness (QED) is 0.821. The van der Waals surface area contributed by atoms with E-state index < -0.39 is 0 Å². The van der Waals surface area contributed by atoms with Crippen molar-refractivity contribution in [3.05, 3.63) is 72.3 Å². The molecule has 0 N–H and O–H groups in total. The van der Waals surface area contributed by atoms with Gasteiger partial charge in [-0.15, -0.1) is 0 Å². The molecule has 19 heavy (non-hydrogen) atoms. The second-order valence-corrected chi connectivity index (χ2v) is 4.96. The van der Waals surface area contributed by atoms with Gasteiger partial charge in [0, 0.05) is 31.1 Å². The zero-order valence-electron chi connectivity index (χ0n) is 11.0. The number of hydrogen-bond acceptors (Lipinski definition) is 2. The Morgan fingerprint density at radius 1 is 1.00 bits per heavy atom. The van der Waals surface area contributed by atoms with Crippen LogP contribution in [-0.4, -0.2) is 14.8 Å². The van der Waals surface area contributed by atoms with Gasteiger partial charge in [-0.1, -0.05) is 30.3 Å². The summed E-state index contributed by atoms with van der Waals surface area (Å²) in [5.74, 6) is 0. The van der Waals surface area contributed by atoms with Gasteiger partial charge in [-0.2, -0.15) is 5.10 Å². The Kier molecular flexibility index (Phi) is 3.03. The summed E-state index contributed by atoms with van der Waals surface area (Å²) in [7, 11) is 1.95. The van der Waals surface area contributed by atoms with Gasteiger partial charge in [0.2, 0.25) is 0 Å². The molecule has 1 saturated carbocycles. The van der Waals surface area contributed by atoms with Crippen molar-refractivity contribution in [2.75, 3.05) is 0 Å². The molecule has 96 valence electrons. The molecular weight excluding hydrogens is 234 g/mol. The first-order valence-electron chi connectivity index (χ1n) is 6.55. The van der Waals surface area contributed by atoms with Crippen LogP contribution >= 0.6 is 0 Å². The molecule has 0 bridgehead atoms.